The van der Waals surface area contributed by atoms with Crippen LogP contribution in [-0.2, 0) is 0 Å². The molecule has 0 saturated heterocycles. The smallest absolute Gasteiger partial charge is 0.136 e. The number of benzene rings is 4. The summed E-state index contributed by atoms with van der Waals surface area (Å²) < 4.78 is 11.7. The van der Waals surface area contributed by atoms with Gasteiger partial charge in [-0.25, -0.2) is 0 Å². The summed E-state index contributed by atoms with van der Waals surface area (Å²) in [6.07, 6.45) is 0. The van der Waals surface area contributed by atoms with Gasteiger partial charge in [-0.2, -0.15) is 0 Å². The molecule has 0 aliphatic carbocycles. The molecule has 0 radical (unpaired) electrons. The van der Waals surface area contributed by atoms with Crippen LogP contribution in [-0.4, -0.2) is 24.4 Å². The first-order valence-corrected chi connectivity index (χ1v) is 12.0. The van der Waals surface area contributed by atoms with Crippen molar-refractivity contribution in [3.05, 3.63) is 76.9 Å². The van der Waals surface area contributed by atoms with Crippen LogP contribution in [0.2, 0.25) is 0 Å². The molecule has 0 heterocycles. The lowest BCUT2D eigenvalue weighted by Crippen LogP contribution is -2.07. The van der Waals surface area contributed by atoms with Crippen LogP contribution in [0.3, 0.4) is 0 Å². The maximum Gasteiger partial charge on any atom is 0.136 e. The molecular formula is C30H31O4P. The minimum atomic E-state index is 0.0954. The van der Waals surface area contributed by atoms with Crippen molar-refractivity contribution in [2.24, 2.45) is 0 Å². The minimum Gasteiger partial charge on any atom is -0.508 e. The van der Waals surface area contributed by atoms with Gasteiger partial charge in [0, 0.05) is 27.6 Å². The maximum atomic E-state index is 11.7. The van der Waals surface area contributed by atoms with Crippen molar-refractivity contribution in [2.75, 3.05) is 14.2 Å². The van der Waals surface area contributed by atoms with Crippen LogP contribution in [0.5, 0.6) is 23.0 Å². The van der Waals surface area contributed by atoms with Gasteiger partial charge in [0.15, 0.2) is 0 Å². The Morgan fingerprint density at radius 3 is 1.63 bits per heavy atom. The lowest BCUT2D eigenvalue weighted by atomic mass is 9.86. The molecule has 4 aromatic rings. The summed E-state index contributed by atoms with van der Waals surface area (Å²) in [5, 5.41) is 22.6. The summed E-state index contributed by atoms with van der Waals surface area (Å²) in [6, 6.07) is 17.5. The lowest BCUT2D eigenvalue weighted by molar-refractivity contribution is 0.409. The number of aromatic hydroxyl groups is 2. The number of hydrogen-bond acceptors (Lipinski definition) is 4. The Morgan fingerprint density at radius 2 is 1.14 bits per heavy atom. The van der Waals surface area contributed by atoms with E-state index in [2.05, 4.69) is 73.3 Å². The van der Waals surface area contributed by atoms with Crippen LogP contribution >= 0.6 is 9.24 Å². The Kier molecular flexibility index (Phi) is 6.78. The van der Waals surface area contributed by atoms with E-state index in [0.29, 0.717) is 33.5 Å². The van der Waals surface area contributed by atoms with Crippen molar-refractivity contribution in [2.45, 2.75) is 27.7 Å². The average Bonchev–Trinajstić information content (AvgIpc) is 2.78. The predicted molar refractivity (Wildman–Crippen MR) is 147 cm³/mol. The van der Waals surface area contributed by atoms with Gasteiger partial charge < -0.3 is 19.7 Å². The van der Waals surface area contributed by atoms with E-state index in [1.807, 2.05) is 0 Å². The normalized spacial score (nSPS) is 10.9. The van der Waals surface area contributed by atoms with Gasteiger partial charge in [0.2, 0.25) is 0 Å². The molecule has 180 valence electrons. The summed E-state index contributed by atoms with van der Waals surface area (Å²) in [4.78, 5) is 0. The van der Waals surface area contributed by atoms with Gasteiger partial charge in [-0.1, -0.05) is 58.7 Å². The van der Waals surface area contributed by atoms with E-state index in [1.165, 1.54) is 0 Å². The van der Waals surface area contributed by atoms with Gasteiger partial charge >= 0.3 is 0 Å². The van der Waals surface area contributed by atoms with Crippen molar-refractivity contribution >= 4 is 14.5 Å². The van der Waals surface area contributed by atoms with Crippen LogP contribution in [0.4, 0.5) is 0 Å². The topological polar surface area (TPSA) is 58.9 Å². The van der Waals surface area contributed by atoms with Gasteiger partial charge in [0.1, 0.15) is 23.0 Å². The van der Waals surface area contributed by atoms with E-state index in [-0.39, 0.29) is 11.5 Å². The molecule has 4 rings (SSSR count). The standard InChI is InChI=1S/C30H31O4P/c1-16-9-17(2)12-20(11-16)25-26(21-13-18(3)10-19(4)14-21)29(34-6)27(30(35)28(25)32)23-15-22(31)7-8-24(23)33-5/h7-15,31-32H,35H2,1-6H3. The number of rotatable bonds is 5. The van der Waals surface area contributed by atoms with Crippen LogP contribution in [0.25, 0.3) is 33.4 Å². The molecule has 2 N–H and O–H groups in total. The van der Waals surface area contributed by atoms with E-state index >= 15 is 0 Å². The lowest BCUT2D eigenvalue weighted by Gasteiger charge is -2.24. The Morgan fingerprint density at radius 1 is 0.629 bits per heavy atom. The molecular weight excluding hydrogens is 455 g/mol. The first-order valence-electron chi connectivity index (χ1n) is 11.4. The highest BCUT2D eigenvalue weighted by Crippen LogP contribution is 2.51. The fourth-order valence-electron chi connectivity index (χ4n) is 4.89. The van der Waals surface area contributed by atoms with Crippen LogP contribution < -0.4 is 14.8 Å². The summed E-state index contributed by atoms with van der Waals surface area (Å²) in [7, 11) is 5.88. The van der Waals surface area contributed by atoms with E-state index < -0.39 is 0 Å². The van der Waals surface area contributed by atoms with Crippen LogP contribution in [0, 0.1) is 27.7 Å². The van der Waals surface area contributed by atoms with E-state index in [1.54, 1.807) is 32.4 Å². The summed E-state index contributed by atoms with van der Waals surface area (Å²) >= 11 is 0. The highest BCUT2D eigenvalue weighted by Gasteiger charge is 2.28. The third-order valence-corrected chi connectivity index (χ3v) is 6.70. The molecule has 0 fully saturated rings. The fourth-order valence-corrected chi connectivity index (χ4v) is 5.32. The van der Waals surface area contributed by atoms with E-state index in [4.69, 9.17) is 9.47 Å². The summed E-state index contributed by atoms with van der Waals surface area (Å²) in [5.41, 5.74) is 9.04. The maximum absolute atomic E-state index is 11.7. The molecule has 1 unspecified atom stereocenters. The zero-order valence-corrected chi connectivity index (χ0v) is 22.1. The Labute approximate surface area is 209 Å². The number of hydrogen-bond donors (Lipinski definition) is 2. The van der Waals surface area contributed by atoms with Crippen LogP contribution in [0.15, 0.2) is 54.6 Å². The van der Waals surface area contributed by atoms with Crippen molar-refractivity contribution in [3.63, 3.8) is 0 Å². The minimum absolute atomic E-state index is 0.0954. The highest BCUT2D eigenvalue weighted by molar-refractivity contribution is 7.28. The fraction of sp³-hybridized carbons (Fsp3) is 0.200. The average molecular weight is 487 g/mol. The second-order valence-electron chi connectivity index (χ2n) is 9.06. The molecule has 35 heavy (non-hydrogen) atoms. The monoisotopic (exact) mass is 486 g/mol. The number of methoxy groups -OCH3 is 2. The summed E-state index contributed by atoms with van der Waals surface area (Å²) in [5.74, 6) is 1.39. The van der Waals surface area contributed by atoms with Gasteiger partial charge in [0.25, 0.3) is 0 Å². The Bertz CT molecular complexity index is 1400. The van der Waals surface area contributed by atoms with Gasteiger partial charge in [-0.05, 0) is 57.0 Å². The molecule has 1 atom stereocenters. The SMILES string of the molecule is COc1ccc(O)cc1-c1c(P)c(O)c(-c2cc(C)cc(C)c2)c(-c2cc(C)cc(C)c2)c1OC. The number of aryl methyl sites for hydroxylation is 4. The van der Waals surface area contributed by atoms with Crippen LogP contribution in [0.1, 0.15) is 22.3 Å². The molecule has 0 aliphatic rings. The molecule has 4 nitrogen and oxygen atoms in total. The van der Waals surface area contributed by atoms with Crippen molar-refractivity contribution in [1.82, 2.24) is 0 Å². The Hall–Kier alpha value is -3.49. The zero-order valence-electron chi connectivity index (χ0n) is 21.0. The largest absolute Gasteiger partial charge is 0.508 e. The molecule has 0 spiro atoms. The molecule has 0 bridgehead atoms. The van der Waals surface area contributed by atoms with Gasteiger partial charge in [-0.15, -0.1) is 9.24 Å². The highest BCUT2D eigenvalue weighted by atomic mass is 31.0. The molecule has 0 amide bonds. The number of phenols is 2. The second-order valence-corrected chi connectivity index (χ2v) is 9.64. The first-order chi connectivity index (χ1) is 16.6. The van der Waals surface area contributed by atoms with Crippen molar-refractivity contribution < 1.29 is 19.7 Å². The summed E-state index contributed by atoms with van der Waals surface area (Å²) in [6.45, 7) is 8.22. The third kappa shape index (κ3) is 4.59. The molecule has 0 saturated carbocycles. The molecule has 5 heteroatoms. The van der Waals surface area contributed by atoms with E-state index in [9.17, 15) is 10.2 Å². The zero-order chi connectivity index (χ0) is 25.4. The number of ether oxygens (including phenoxy) is 2. The molecule has 0 aromatic heterocycles. The quantitative estimate of drug-likeness (QED) is 0.303. The van der Waals surface area contributed by atoms with Crippen molar-refractivity contribution in [3.8, 4) is 56.4 Å². The Balaban J connectivity index is 2.23. The van der Waals surface area contributed by atoms with E-state index in [0.717, 1.165) is 38.9 Å². The van der Waals surface area contributed by atoms with Gasteiger partial charge in [-0.3, -0.25) is 0 Å². The molecule has 0 aliphatic heterocycles. The van der Waals surface area contributed by atoms with Crippen molar-refractivity contribution in [1.29, 1.82) is 0 Å². The predicted octanol–water partition coefficient (Wildman–Crippen LogP) is 6.85. The molecule has 4 aromatic carbocycles. The third-order valence-electron chi connectivity index (χ3n) is 6.14. The second kappa shape index (κ2) is 9.64. The van der Waals surface area contributed by atoms with Gasteiger partial charge in [0.05, 0.1) is 14.2 Å². The number of phenolic OH excluding ortho intramolecular Hbond substituents is 2. The first kappa shape index (κ1) is 24.6.